The molecule has 3 aromatic rings. The van der Waals surface area contributed by atoms with Gasteiger partial charge in [-0.2, -0.15) is 5.11 Å². The summed E-state index contributed by atoms with van der Waals surface area (Å²) >= 11 is 0. The molecule has 1 aliphatic heterocycles. The van der Waals surface area contributed by atoms with Crippen LogP contribution in [0.25, 0.3) is 16.6 Å². The molecule has 0 saturated carbocycles. The lowest BCUT2D eigenvalue weighted by atomic mass is 10.1. The molecular weight excluding hydrogens is 430 g/mol. The Bertz CT molecular complexity index is 1290. The molecule has 2 heterocycles. The molecular formula is C23H22F2N6O2. The molecule has 1 saturated heterocycles. The van der Waals surface area contributed by atoms with E-state index in [1.54, 1.807) is 24.3 Å². The number of nitrogens with one attached hydrogen (secondary N) is 3. The molecule has 170 valence electrons. The Hall–Kier alpha value is -3.92. The lowest BCUT2D eigenvalue weighted by Gasteiger charge is -2.32. The number of rotatable bonds is 5. The summed E-state index contributed by atoms with van der Waals surface area (Å²) in [5.41, 5.74) is 7.97. The van der Waals surface area contributed by atoms with Gasteiger partial charge in [0.25, 0.3) is 11.5 Å². The van der Waals surface area contributed by atoms with E-state index in [0.29, 0.717) is 24.3 Å². The number of piperazine rings is 1. The zero-order valence-corrected chi connectivity index (χ0v) is 17.9. The minimum Gasteiger partial charge on any atom is -0.360 e. The van der Waals surface area contributed by atoms with E-state index in [2.05, 4.69) is 20.3 Å². The van der Waals surface area contributed by atoms with Gasteiger partial charge in [-0.05, 0) is 49.5 Å². The van der Waals surface area contributed by atoms with Crippen molar-refractivity contribution in [2.75, 3.05) is 38.5 Å². The number of carbonyl (C=O) groups is 1. The van der Waals surface area contributed by atoms with Gasteiger partial charge in [0.15, 0.2) is 11.6 Å². The highest BCUT2D eigenvalue weighted by Crippen LogP contribution is 2.22. The van der Waals surface area contributed by atoms with Crippen LogP contribution in [-0.4, -0.2) is 53.9 Å². The van der Waals surface area contributed by atoms with Gasteiger partial charge in [0.2, 0.25) is 0 Å². The second-order valence-electron chi connectivity index (χ2n) is 7.79. The van der Waals surface area contributed by atoms with E-state index in [1.807, 2.05) is 11.9 Å². The van der Waals surface area contributed by atoms with Crippen LogP contribution in [0.15, 0.2) is 58.6 Å². The van der Waals surface area contributed by atoms with Crippen molar-refractivity contribution in [2.24, 2.45) is 5.11 Å². The van der Waals surface area contributed by atoms with Gasteiger partial charge < -0.3 is 20.1 Å². The summed E-state index contributed by atoms with van der Waals surface area (Å²) in [6.45, 7) is 3.02. The number of aromatic amines is 1. The van der Waals surface area contributed by atoms with Crippen LogP contribution < -0.4 is 10.9 Å². The molecule has 4 rings (SSSR count). The van der Waals surface area contributed by atoms with E-state index < -0.39 is 17.2 Å². The lowest BCUT2D eigenvalue weighted by molar-refractivity contribution is 0.0664. The molecule has 0 radical (unpaired) electrons. The van der Waals surface area contributed by atoms with Crippen molar-refractivity contribution >= 4 is 28.2 Å². The lowest BCUT2D eigenvalue weighted by Crippen LogP contribution is -2.47. The first kappa shape index (κ1) is 22.3. The third-order valence-corrected chi connectivity index (χ3v) is 5.61. The summed E-state index contributed by atoms with van der Waals surface area (Å²) in [6, 6.07) is 10.1. The highest BCUT2D eigenvalue weighted by atomic mass is 19.2. The fraction of sp³-hybridized carbons (Fsp3) is 0.217. The van der Waals surface area contributed by atoms with Gasteiger partial charge in [-0.25, -0.2) is 14.3 Å². The van der Waals surface area contributed by atoms with Gasteiger partial charge in [0, 0.05) is 49.0 Å². The summed E-state index contributed by atoms with van der Waals surface area (Å²) < 4.78 is 27.7. The van der Waals surface area contributed by atoms with Crippen molar-refractivity contribution in [3.8, 4) is 0 Å². The number of benzene rings is 2. The first-order valence-electron chi connectivity index (χ1n) is 10.3. The number of fused-ring (bicyclic) bond motifs is 1. The Labute approximate surface area is 188 Å². The first-order chi connectivity index (χ1) is 15.9. The summed E-state index contributed by atoms with van der Waals surface area (Å²) in [5, 5.41) is 6.15. The Morgan fingerprint density at radius 3 is 2.48 bits per heavy atom. The Balaban J connectivity index is 1.54. The van der Waals surface area contributed by atoms with Crippen molar-refractivity contribution in [1.29, 1.82) is 5.53 Å². The molecule has 1 fully saturated rings. The predicted molar refractivity (Wildman–Crippen MR) is 121 cm³/mol. The number of likely N-dealkylation sites (N-methyl/N-ethyl adjacent to an activating group) is 1. The number of aromatic nitrogens is 1. The number of hydrogen-bond donors (Lipinski definition) is 3. The van der Waals surface area contributed by atoms with E-state index in [4.69, 9.17) is 5.53 Å². The van der Waals surface area contributed by atoms with Crippen LogP contribution >= 0.6 is 0 Å². The van der Waals surface area contributed by atoms with Gasteiger partial charge in [-0.3, -0.25) is 9.59 Å². The number of amides is 1. The third-order valence-electron chi connectivity index (χ3n) is 5.61. The quantitative estimate of drug-likeness (QED) is 0.514. The van der Waals surface area contributed by atoms with Crippen LogP contribution in [0.2, 0.25) is 0 Å². The van der Waals surface area contributed by atoms with Crippen LogP contribution in [0.5, 0.6) is 0 Å². The summed E-state index contributed by atoms with van der Waals surface area (Å²) in [4.78, 5) is 31.5. The highest BCUT2D eigenvalue weighted by molar-refractivity contribution is 5.94. The maximum Gasteiger partial charge on any atom is 0.258 e. The number of anilines is 1. The molecule has 10 heteroatoms. The standard InChI is InChI=1S/C23H22F2N6O2/c1-30-8-10-31(11-9-30)23(33)14-2-4-15(5-3-14)27-13-20(29-26)17-12-16-19(28-22(17)32)7-6-18(24)21(16)25/h2-7,12-13,26-27H,8-11H2,1H3,(H,28,32)/b20-13-,29-26?. The molecule has 0 aliphatic carbocycles. The van der Waals surface area contributed by atoms with Crippen LogP contribution in [0.3, 0.4) is 0 Å². The zero-order valence-electron chi connectivity index (χ0n) is 17.9. The van der Waals surface area contributed by atoms with Gasteiger partial charge in [0.05, 0.1) is 11.1 Å². The number of nitrogens with zero attached hydrogens (tertiary/aromatic N) is 3. The molecule has 0 atom stereocenters. The Morgan fingerprint density at radius 1 is 1.12 bits per heavy atom. The van der Waals surface area contributed by atoms with Crippen LogP contribution in [0.1, 0.15) is 15.9 Å². The van der Waals surface area contributed by atoms with Crippen LogP contribution in [0, 0.1) is 17.2 Å². The number of hydrogen-bond acceptors (Lipinski definition) is 6. The molecule has 0 spiro atoms. The average molecular weight is 452 g/mol. The first-order valence-corrected chi connectivity index (χ1v) is 10.3. The number of carbonyl (C=O) groups excluding carboxylic acids is 1. The Kier molecular flexibility index (Phi) is 6.27. The van der Waals surface area contributed by atoms with Gasteiger partial charge >= 0.3 is 0 Å². The molecule has 0 bridgehead atoms. The third kappa shape index (κ3) is 4.65. The van der Waals surface area contributed by atoms with Crippen molar-refractivity contribution in [3.63, 3.8) is 0 Å². The molecule has 3 N–H and O–H groups in total. The van der Waals surface area contributed by atoms with Gasteiger partial charge in [0.1, 0.15) is 5.70 Å². The normalized spacial score (nSPS) is 15.0. The van der Waals surface area contributed by atoms with Crippen molar-refractivity contribution in [1.82, 2.24) is 14.8 Å². The molecule has 33 heavy (non-hydrogen) atoms. The van der Waals surface area contributed by atoms with Crippen LogP contribution in [0.4, 0.5) is 14.5 Å². The molecule has 0 unspecified atom stereocenters. The van der Waals surface area contributed by atoms with E-state index in [-0.39, 0.29) is 28.1 Å². The maximum absolute atomic E-state index is 14.1. The molecule has 2 aromatic carbocycles. The number of H-pyrrole nitrogens is 1. The van der Waals surface area contributed by atoms with Crippen molar-refractivity contribution in [2.45, 2.75) is 0 Å². The minimum absolute atomic E-state index is 0.0380. The predicted octanol–water partition coefficient (Wildman–Crippen LogP) is 3.64. The fourth-order valence-corrected chi connectivity index (χ4v) is 3.63. The maximum atomic E-state index is 14.1. The van der Waals surface area contributed by atoms with Crippen molar-refractivity contribution < 1.29 is 13.6 Å². The van der Waals surface area contributed by atoms with E-state index >= 15 is 0 Å². The number of halogens is 2. The van der Waals surface area contributed by atoms with Gasteiger partial charge in [-0.15, -0.1) is 0 Å². The summed E-state index contributed by atoms with van der Waals surface area (Å²) in [7, 11) is 2.02. The molecule has 1 amide bonds. The summed E-state index contributed by atoms with van der Waals surface area (Å²) in [5.74, 6) is -2.18. The molecule has 8 nitrogen and oxygen atoms in total. The molecule has 1 aromatic heterocycles. The van der Waals surface area contributed by atoms with Crippen molar-refractivity contribution in [3.05, 3.63) is 81.8 Å². The SMILES string of the molecule is CN1CCN(C(=O)c2ccc(N/C=C(\N=N)c3cc4c(F)c(F)ccc4[nH]c3=O)cc2)CC1. The minimum atomic E-state index is -1.09. The largest absolute Gasteiger partial charge is 0.360 e. The number of pyridine rings is 1. The van der Waals surface area contributed by atoms with Crippen LogP contribution in [-0.2, 0) is 0 Å². The second-order valence-corrected chi connectivity index (χ2v) is 7.79. The smallest absolute Gasteiger partial charge is 0.258 e. The summed E-state index contributed by atoms with van der Waals surface area (Å²) in [6.07, 6.45) is 1.32. The fourth-order valence-electron chi connectivity index (χ4n) is 3.63. The topological polar surface area (TPSA) is 105 Å². The monoisotopic (exact) mass is 452 g/mol. The molecule has 1 aliphatic rings. The van der Waals surface area contributed by atoms with E-state index in [1.165, 1.54) is 12.3 Å². The average Bonchev–Trinajstić information content (AvgIpc) is 2.83. The van der Waals surface area contributed by atoms with Gasteiger partial charge in [-0.1, -0.05) is 0 Å². The second kappa shape index (κ2) is 9.29. The van der Waals surface area contributed by atoms with E-state index in [0.717, 1.165) is 25.2 Å². The Morgan fingerprint density at radius 2 is 1.82 bits per heavy atom. The van der Waals surface area contributed by atoms with E-state index in [9.17, 15) is 18.4 Å². The highest BCUT2D eigenvalue weighted by Gasteiger charge is 2.20. The zero-order chi connectivity index (χ0) is 23.5.